The van der Waals surface area contributed by atoms with Crippen LogP contribution in [0.2, 0.25) is 0 Å². The van der Waals surface area contributed by atoms with Gasteiger partial charge in [0.05, 0.1) is 5.01 Å². The van der Waals surface area contributed by atoms with Crippen molar-refractivity contribution in [3.63, 3.8) is 0 Å². The predicted molar refractivity (Wildman–Crippen MR) is 116 cm³/mol. The van der Waals surface area contributed by atoms with Gasteiger partial charge in [-0.15, -0.1) is 35.3 Å². The summed E-state index contributed by atoms with van der Waals surface area (Å²) in [6.45, 7) is 7.23. The average Bonchev–Trinajstić information content (AvgIpc) is 3.03. The van der Waals surface area contributed by atoms with Crippen LogP contribution in [0.4, 0.5) is 5.69 Å². The number of guanidine groups is 1. The number of anilines is 1. The molecular weight excluding hydrogens is 431 g/mol. The maximum atomic E-state index is 5.95. The standard InChI is InChI=1S/C18H26N4S.HI/c1-4-13(3)14-6-8-15(9-7-14)22-18(19)20-11-10-17-21-12-16(5-2)23-17;/h6-9,12-13H,4-5,10-11H2,1-3H3,(H3,19,20,22);1H. The first-order valence-electron chi connectivity index (χ1n) is 8.22. The molecule has 132 valence electrons. The maximum Gasteiger partial charge on any atom is 0.193 e. The molecule has 0 amide bonds. The van der Waals surface area contributed by atoms with E-state index in [4.69, 9.17) is 5.73 Å². The molecule has 1 atom stereocenters. The van der Waals surface area contributed by atoms with Crippen LogP contribution < -0.4 is 11.1 Å². The highest BCUT2D eigenvalue weighted by Crippen LogP contribution is 2.20. The van der Waals surface area contributed by atoms with Crippen molar-refractivity contribution >= 4 is 47.0 Å². The number of benzene rings is 1. The Hall–Kier alpha value is -1.15. The summed E-state index contributed by atoms with van der Waals surface area (Å²) >= 11 is 1.75. The van der Waals surface area contributed by atoms with Gasteiger partial charge >= 0.3 is 0 Å². The first-order valence-corrected chi connectivity index (χ1v) is 9.04. The Bertz CT molecular complexity index is 637. The first-order chi connectivity index (χ1) is 11.1. The van der Waals surface area contributed by atoms with Gasteiger partial charge in [-0.3, -0.25) is 4.99 Å². The van der Waals surface area contributed by atoms with Crippen molar-refractivity contribution in [3.8, 4) is 0 Å². The fraction of sp³-hybridized carbons (Fsp3) is 0.444. The summed E-state index contributed by atoms with van der Waals surface area (Å²) in [5.74, 6) is 1.04. The minimum Gasteiger partial charge on any atom is -0.370 e. The van der Waals surface area contributed by atoms with E-state index in [-0.39, 0.29) is 24.0 Å². The summed E-state index contributed by atoms with van der Waals surface area (Å²) in [5.41, 5.74) is 8.27. The Morgan fingerprint density at radius 2 is 2.00 bits per heavy atom. The lowest BCUT2D eigenvalue weighted by Crippen LogP contribution is -2.23. The van der Waals surface area contributed by atoms with Crippen LogP contribution >= 0.6 is 35.3 Å². The minimum absolute atomic E-state index is 0. The minimum atomic E-state index is 0. The number of halogens is 1. The van der Waals surface area contributed by atoms with Gasteiger partial charge in [-0.25, -0.2) is 4.98 Å². The molecule has 3 N–H and O–H groups in total. The second-order valence-electron chi connectivity index (χ2n) is 5.65. The van der Waals surface area contributed by atoms with Crippen LogP contribution in [0.3, 0.4) is 0 Å². The molecule has 1 aromatic carbocycles. The number of thiazole rings is 1. The number of rotatable bonds is 7. The van der Waals surface area contributed by atoms with Crippen LogP contribution in [0.5, 0.6) is 0 Å². The molecule has 1 heterocycles. The van der Waals surface area contributed by atoms with E-state index in [1.807, 2.05) is 6.20 Å². The molecule has 0 saturated carbocycles. The summed E-state index contributed by atoms with van der Waals surface area (Å²) in [5, 5.41) is 4.26. The van der Waals surface area contributed by atoms with Gasteiger partial charge < -0.3 is 11.1 Å². The maximum absolute atomic E-state index is 5.95. The largest absolute Gasteiger partial charge is 0.370 e. The smallest absolute Gasteiger partial charge is 0.193 e. The highest BCUT2D eigenvalue weighted by molar-refractivity contribution is 14.0. The highest BCUT2D eigenvalue weighted by Gasteiger charge is 2.03. The molecule has 0 aliphatic rings. The third-order valence-corrected chi connectivity index (χ3v) is 5.12. The summed E-state index contributed by atoms with van der Waals surface area (Å²) in [4.78, 5) is 10.1. The van der Waals surface area contributed by atoms with Gasteiger partial charge in [-0.2, -0.15) is 0 Å². The second-order valence-corrected chi connectivity index (χ2v) is 6.85. The lowest BCUT2D eigenvalue weighted by molar-refractivity contribution is 0.734. The number of aliphatic imine (C=N–C) groups is 1. The molecule has 6 heteroatoms. The zero-order valence-electron chi connectivity index (χ0n) is 14.6. The van der Waals surface area contributed by atoms with E-state index in [9.17, 15) is 0 Å². The molecule has 2 aromatic rings. The topological polar surface area (TPSA) is 63.3 Å². The SMILES string of the molecule is CCc1cnc(CCN=C(N)Nc2ccc(C(C)CC)cc2)s1.I. The fourth-order valence-electron chi connectivity index (χ4n) is 2.22. The van der Waals surface area contributed by atoms with Gasteiger partial charge in [-0.05, 0) is 36.5 Å². The fourth-order valence-corrected chi connectivity index (χ4v) is 3.07. The van der Waals surface area contributed by atoms with Gasteiger partial charge in [0.25, 0.3) is 0 Å². The molecule has 1 aromatic heterocycles. The number of aromatic nitrogens is 1. The molecule has 0 aliphatic heterocycles. The lowest BCUT2D eigenvalue weighted by atomic mass is 9.99. The number of nitrogens with one attached hydrogen (secondary N) is 1. The van der Waals surface area contributed by atoms with E-state index in [1.165, 1.54) is 10.4 Å². The van der Waals surface area contributed by atoms with Gasteiger partial charge in [0, 0.05) is 29.7 Å². The molecule has 1 unspecified atom stereocenters. The molecule has 0 aliphatic carbocycles. The lowest BCUT2D eigenvalue weighted by Gasteiger charge is -2.10. The molecule has 24 heavy (non-hydrogen) atoms. The molecule has 2 rings (SSSR count). The number of nitrogens with zero attached hydrogens (tertiary/aromatic N) is 2. The summed E-state index contributed by atoms with van der Waals surface area (Å²) in [6.07, 6.45) is 4.97. The average molecular weight is 458 g/mol. The van der Waals surface area contributed by atoms with E-state index in [1.54, 1.807) is 11.3 Å². The van der Waals surface area contributed by atoms with Crippen molar-refractivity contribution in [2.75, 3.05) is 11.9 Å². The number of hydrogen-bond acceptors (Lipinski definition) is 3. The number of nitrogens with two attached hydrogens (primary N) is 1. The summed E-state index contributed by atoms with van der Waals surface area (Å²) in [7, 11) is 0. The van der Waals surface area contributed by atoms with Crippen molar-refractivity contribution in [1.29, 1.82) is 0 Å². The number of aryl methyl sites for hydroxylation is 1. The molecule has 0 saturated heterocycles. The third-order valence-electron chi connectivity index (χ3n) is 3.92. The van der Waals surface area contributed by atoms with Crippen LogP contribution in [0, 0.1) is 0 Å². The van der Waals surface area contributed by atoms with Crippen molar-refractivity contribution in [2.45, 2.75) is 46.0 Å². The zero-order chi connectivity index (χ0) is 16.7. The molecule has 4 nitrogen and oxygen atoms in total. The Labute approximate surface area is 166 Å². The van der Waals surface area contributed by atoms with Crippen LogP contribution in [0.15, 0.2) is 35.5 Å². The van der Waals surface area contributed by atoms with Gasteiger partial charge in [-0.1, -0.05) is 32.9 Å². The first kappa shape index (κ1) is 20.9. The van der Waals surface area contributed by atoms with E-state index in [0.29, 0.717) is 18.4 Å². The van der Waals surface area contributed by atoms with E-state index >= 15 is 0 Å². The molecule has 0 radical (unpaired) electrons. The van der Waals surface area contributed by atoms with Crippen molar-refractivity contribution in [1.82, 2.24) is 4.98 Å². The van der Waals surface area contributed by atoms with Crippen molar-refractivity contribution in [2.24, 2.45) is 10.7 Å². The Morgan fingerprint density at radius 3 is 2.58 bits per heavy atom. The zero-order valence-corrected chi connectivity index (χ0v) is 17.7. The highest BCUT2D eigenvalue weighted by atomic mass is 127. The third kappa shape index (κ3) is 6.39. The van der Waals surface area contributed by atoms with Crippen LogP contribution in [0.1, 0.15) is 48.6 Å². The predicted octanol–water partition coefficient (Wildman–Crippen LogP) is 4.81. The van der Waals surface area contributed by atoms with Crippen LogP contribution in [-0.4, -0.2) is 17.5 Å². The van der Waals surface area contributed by atoms with Gasteiger partial charge in [0.1, 0.15) is 0 Å². The summed E-state index contributed by atoms with van der Waals surface area (Å²) < 4.78 is 0. The van der Waals surface area contributed by atoms with Crippen LogP contribution in [0.25, 0.3) is 0 Å². The van der Waals surface area contributed by atoms with E-state index in [0.717, 1.165) is 30.0 Å². The molecule has 0 fully saturated rings. The summed E-state index contributed by atoms with van der Waals surface area (Å²) in [6, 6.07) is 8.40. The quantitative estimate of drug-likeness (QED) is 0.356. The molecule has 0 spiro atoms. The van der Waals surface area contributed by atoms with Crippen molar-refractivity contribution in [3.05, 3.63) is 45.9 Å². The van der Waals surface area contributed by atoms with Crippen LogP contribution in [-0.2, 0) is 12.8 Å². The normalized spacial score (nSPS) is 12.5. The van der Waals surface area contributed by atoms with E-state index < -0.39 is 0 Å². The molecule has 0 bridgehead atoms. The van der Waals surface area contributed by atoms with Crippen molar-refractivity contribution < 1.29 is 0 Å². The molecular formula is C18H27IN4S. The Balaban J connectivity index is 0.00000288. The van der Waals surface area contributed by atoms with Gasteiger partial charge in [0.2, 0.25) is 0 Å². The monoisotopic (exact) mass is 458 g/mol. The van der Waals surface area contributed by atoms with E-state index in [2.05, 4.69) is 60.3 Å². The Kier molecular flexibility index (Phi) is 9.28. The van der Waals surface area contributed by atoms with Gasteiger partial charge in [0.15, 0.2) is 5.96 Å². The number of hydrogen-bond donors (Lipinski definition) is 2. The Morgan fingerprint density at radius 1 is 1.29 bits per heavy atom. The second kappa shape index (κ2) is 10.7.